The molecule has 2 aliphatic heterocycles. The first kappa shape index (κ1) is 41.0. The number of aliphatic hydroxyl groups is 3. The van der Waals surface area contributed by atoms with Crippen LogP contribution in [0.5, 0.6) is 11.5 Å². The predicted molar refractivity (Wildman–Crippen MR) is 231 cm³/mol. The SMILES string of the molecule is COc1cc2c(cc1OCCCC(=O)Nc1cn(C)c(C(O)Nc3cc(C(O)Nc4cc(C(O)n5ccc6cc(N)ccc65)n(C)c4)n(C)c3)n1)N=C[C@@H]1CCCCN1C2=O. The maximum Gasteiger partial charge on any atom is 0.256 e. The number of aliphatic hydroxyl groups excluding tert-OH is 3. The molecule has 0 spiro atoms. The molecule has 6 heterocycles. The molecule has 0 bridgehead atoms. The number of benzene rings is 2. The lowest BCUT2D eigenvalue weighted by atomic mass is 10.0. The summed E-state index contributed by atoms with van der Waals surface area (Å²) in [6.45, 7) is 0.915. The molecule has 8 rings (SSSR count). The van der Waals surface area contributed by atoms with Crippen molar-refractivity contribution in [3.05, 3.63) is 96.1 Å². The van der Waals surface area contributed by atoms with Gasteiger partial charge in [-0.2, -0.15) is 0 Å². The third kappa shape index (κ3) is 8.50. The van der Waals surface area contributed by atoms with Crippen molar-refractivity contribution in [3.63, 3.8) is 0 Å². The zero-order valence-electron chi connectivity index (χ0n) is 34.4. The summed E-state index contributed by atoms with van der Waals surface area (Å²) in [6, 6.07) is 14.2. The Morgan fingerprint density at radius 1 is 0.918 bits per heavy atom. The topological polar surface area (TPSA) is 224 Å². The molecule has 4 aromatic heterocycles. The molecule has 320 valence electrons. The lowest BCUT2D eigenvalue weighted by Crippen LogP contribution is -2.43. The van der Waals surface area contributed by atoms with E-state index in [1.165, 1.54) is 7.11 Å². The molecule has 6 aromatic rings. The first-order valence-electron chi connectivity index (χ1n) is 20.2. The van der Waals surface area contributed by atoms with Crippen molar-refractivity contribution in [1.29, 1.82) is 0 Å². The van der Waals surface area contributed by atoms with E-state index in [2.05, 4.69) is 25.9 Å². The number of carbonyl (C=O) groups is 2. The second-order valence-electron chi connectivity index (χ2n) is 15.5. The van der Waals surface area contributed by atoms with Gasteiger partial charge < -0.3 is 69.6 Å². The van der Waals surface area contributed by atoms with Gasteiger partial charge in [0.25, 0.3) is 5.91 Å². The van der Waals surface area contributed by atoms with Crippen LogP contribution in [-0.2, 0) is 25.9 Å². The van der Waals surface area contributed by atoms with Gasteiger partial charge in [-0.25, -0.2) is 4.98 Å². The standard InChI is InChI=1S/C43H51N11O7/c1-50-22-27(17-33(50)40(56)46-28-18-34(51(2)23-28)43(59)54-14-12-25-16-26(44)10-11-32(25)54)47-41(57)39-49-37(24-52(39)3)48-38(55)9-7-15-61-36-20-31-30(19-35(36)60-4)42(58)53-13-6-5-8-29(53)21-45-31/h10-12,14,16-24,29,40-41,43,46-47,56-57,59H,5-9,13,15,44H2,1-4H3,(H,48,55)/t29-,40?,41?,43?/m0/s1. The number of methoxy groups -OCH3 is 1. The van der Waals surface area contributed by atoms with Crippen LogP contribution in [-0.4, -0.2) is 87.8 Å². The van der Waals surface area contributed by atoms with Crippen molar-refractivity contribution in [3.8, 4) is 11.5 Å². The monoisotopic (exact) mass is 833 g/mol. The van der Waals surface area contributed by atoms with Crippen molar-refractivity contribution in [1.82, 2.24) is 28.2 Å². The van der Waals surface area contributed by atoms with E-state index in [0.29, 0.717) is 64.2 Å². The molecule has 0 radical (unpaired) electrons. The smallest absolute Gasteiger partial charge is 0.256 e. The first-order valence-corrected chi connectivity index (χ1v) is 20.2. The Morgan fingerprint density at radius 3 is 2.46 bits per heavy atom. The number of hydrogen-bond acceptors (Lipinski definition) is 12. The molecule has 18 nitrogen and oxygen atoms in total. The summed E-state index contributed by atoms with van der Waals surface area (Å²) in [5.41, 5.74) is 10.6. The summed E-state index contributed by atoms with van der Waals surface area (Å²) >= 11 is 0. The average molecular weight is 834 g/mol. The normalized spacial score (nSPS) is 16.4. The predicted octanol–water partition coefficient (Wildman–Crippen LogP) is 4.90. The fourth-order valence-corrected chi connectivity index (χ4v) is 8.04. The molecule has 61 heavy (non-hydrogen) atoms. The van der Waals surface area contributed by atoms with Gasteiger partial charge in [-0.1, -0.05) is 0 Å². The summed E-state index contributed by atoms with van der Waals surface area (Å²) in [6.07, 6.45) is 8.83. The Bertz CT molecular complexity index is 2610. The van der Waals surface area contributed by atoms with E-state index < -0.39 is 18.7 Å². The summed E-state index contributed by atoms with van der Waals surface area (Å²) in [7, 11) is 6.81. The van der Waals surface area contributed by atoms with Crippen LogP contribution in [0.2, 0.25) is 0 Å². The molecule has 0 saturated carbocycles. The van der Waals surface area contributed by atoms with Gasteiger partial charge in [0.05, 0.1) is 59.3 Å². The number of fused-ring (bicyclic) bond motifs is 3. The van der Waals surface area contributed by atoms with E-state index in [9.17, 15) is 24.9 Å². The molecule has 1 fully saturated rings. The van der Waals surface area contributed by atoms with Gasteiger partial charge in [-0.15, -0.1) is 0 Å². The number of carbonyl (C=O) groups excluding carboxylic acids is 2. The number of hydrogen-bond donors (Lipinski definition) is 7. The molecule has 3 unspecified atom stereocenters. The van der Waals surface area contributed by atoms with Gasteiger partial charge >= 0.3 is 0 Å². The van der Waals surface area contributed by atoms with Gasteiger partial charge in [0.2, 0.25) is 5.91 Å². The number of nitrogen functional groups attached to an aromatic ring is 1. The van der Waals surface area contributed by atoms with Crippen LogP contribution in [0.15, 0.2) is 78.3 Å². The third-order valence-corrected chi connectivity index (χ3v) is 11.2. The number of imidazole rings is 1. The third-order valence-electron chi connectivity index (χ3n) is 11.2. The Balaban J connectivity index is 0.833. The largest absolute Gasteiger partial charge is 0.493 e. The Kier molecular flexibility index (Phi) is 11.5. The van der Waals surface area contributed by atoms with Gasteiger partial charge in [-0.3, -0.25) is 14.6 Å². The highest BCUT2D eigenvalue weighted by molar-refractivity contribution is 6.03. The van der Waals surface area contributed by atoms with Gasteiger partial charge in [0.15, 0.2) is 41.8 Å². The number of nitrogens with two attached hydrogens (primary N) is 1. The molecule has 8 N–H and O–H groups in total. The van der Waals surface area contributed by atoms with E-state index >= 15 is 0 Å². The first-order chi connectivity index (χ1) is 29.4. The number of anilines is 4. The highest BCUT2D eigenvalue weighted by Crippen LogP contribution is 2.38. The molecule has 2 amide bonds. The minimum Gasteiger partial charge on any atom is -0.493 e. The number of ether oxygens (including phenoxy) is 2. The van der Waals surface area contributed by atoms with Crippen LogP contribution < -0.4 is 31.2 Å². The van der Waals surface area contributed by atoms with Crippen LogP contribution in [0.1, 0.15) is 78.4 Å². The van der Waals surface area contributed by atoms with Gasteiger partial charge in [-0.05, 0) is 68.1 Å². The molecule has 2 aliphatic rings. The van der Waals surface area contributed by atoms with E-state index in [4.69, 9.17) is 15.2 Å². The van der Waals surface area contributed by atoms with E-state index in [-0.39, 0.29) is 42.5 Å². The average Bonchev–Trinajstić information content (AvgIpc) is 4.00. The number of amides is 2. The number of nitrogens with one attached hydrogen (secondary N) is 3. The minimum absolute atomic E-state index is 0.0169. The number of nitrogens with zero attached hydrogens (tertiary/aromatic N) is 7. The second kappa shape index (κ2) is 17.1. The fourth-order valence-electron chi connectivity index (χ4n) is 8.04. The Hall–Kier alpha value is -6.76. The van der Waals surface area contributed by atoms with Crippen LogP contribution in [0, 0.1) is 0 Å². The molecule has 0 aliphatic carbocycles. The number of aromatic nitrogens is 5. The summed E-state index contributed by atoms with van der Waals surface area (Å²) < 4.78 is 18.4. The Labute approximate surface area is 351 Å². The second-order valence-corrected chi connectivity index (χ2v) is 15.5. The Morgan fingerprint density at radius 2 is 1.67 bits per heavy atom. The van der Waals surface area contributed by atoms with Crippen molar-refractivity contribution in [2.45, 2.75) is 56.8 Å². The van der Waals surface area contributed by atoms with Crippen LogP contribution >= 0.6 is 0 Å². The number of aliphatic imine (C=N–C) groups is 1. The molecular weight excluding hydrogens is 783 g/mol. The molecule has 1 saturated heterocycles. The highest BCUT2D eigenvalue weighted by Gasteiger charge is 2.31. The van der Waals surface area contributed by atoms with Crippen molar-refractivity contribution < 1.29 is 34.4 Å². The van der Waals surface area contributed by atoms with E-state index in [0.717, 1.165) is 30.2 Å². The quantitative estimate of drug-likeness (QED) is 0.0419. The molecule has 4 atom stereocenters. The minimum atomic E-state index is -1.25. The van der Waals surface area contributed by atoms with Crippen LogP contribution in [0.3, 0.4) is 0 Å². The highest BCUT2D eigenvalue weighted by atomic mass is 16.5. The number of piperidine rings is 1. The van der Waals surface area contributed by atoms with Crippen molar-refractivity contribution in [2.75, 3.05) is 41.9 Å². The van der Waals surface area contributed by atoms with Crippen molar-refractivity contribution >= 4 is 57.5 Å². The van der Waals surface area contributed by atoms with E-state index in [1.54, 1.807) is 87.5 Å². The zero-order valence-corrected chi connectivity index (χ0v) is 34.4. The van der Waals surface area contributed by atoms with Crippen LogP contribution in [0.4, 0.5) is 28.6 Å². The zero-order chi connectivity index (χ0) is 42.9. The maximum atomic E-state index is 13.3. The van der Waals surface area contributed by atoms with Crippen LogP contribution in [0.25, 0.3) is 10.9 Å². The maximum absolute atomic E-state index is 13.3. The lowest BCUT2D eigenvalue weighted by molar-refractivity contribution is -0.116. The van der Waals surface area contributed by atoms with Gasteiger partial charge in [0, 0.05) is 82.3 Å². The van der Waals surface area contributed by atoms with Crippen molar-refractivity contribution in [2.24, 2.45) is 26.1 Å². The van der Waals surface area contributed by atoms with Gasteiger partial charge in [0.1, 0.15) is 0 Å². The number of rotatable bonds is 15. The fraction of sp³-hybridized carbons (Fsp3) is 0.349. The summed E-state index contributed by atoms with van der Waals surface area (Å²) in [5, 5.41) is 43.4. The molecule has 18 heteroatoms. The summed E-state index contributed by atoms with van der Waals surface area (Å²) in [4.78, 5) is 37.1. The lowest BCUT2D eigenvalue weighted by Gasteiger charge is -2.32. The molecular formula is C43H51N11O7. The van der Waals surface area contributed by atoms with E-state index in [1.807, 2.05) is 36.4 Å². The molecule has 2 aromatic carbocycles. The summed E-state index contributed by atoms with van der Waals surface area (Å²) in [5.74, 6) is 1.03. The number of aryl methyl sites for hydroxylation is 3.